The average Bonchev–Trinajstić information content (AvgIpc) is 3.20. The Hall–Kier alpha value is -2.00. The summed E-state index contributed by atoms with van der Waals surface area (Å²) in [4.78, 5) is 30.4. The molecule has 0 saturated carbocycles. The summed E-state index contributed by atoms with van der Waals surface area (Å²) in [7, 11) is 0. The standard InChI is InChI=1S/C24H21FN3O4.C3H7.Y/c1-3-24(31)14-6-18-21-12(8-28(18)22(29)13(14)9-32-23(24)30)19-16(26)5-4-11-10(2)15(25)7-17(27-21)20(11)19;1-3-2;/h6-7,16,26,31H,3-5,8-9H2,1-2H3;3H,1-2H3;/q2*-1;/t16-,24-;;/m0../s1. The Bertz CT molecular complexity index is 1470. The smallest absolute Gasteiger partial charge is 0.343 e. The number of carbonyl (C=O) groups is 1. The van der Waals surface area contributed by atoms with Crippen LogP contribution < -0.4 is 5.56 Å². The number of aliphatic hydroxyl groups is 1. The van der Waals surface area contributed by atoms with Crippen LogP contribution in [0.25, 0.3) is 28.0 Å². The molecule has 2 atom stereocenters. The number of hydrogen-bond acceptors (Lipinski definition) is 5. The third-order valence-corrected chi connectivity index (χ3v) is 7.38. The first kappa shape index (κ1) is 27.0. The number of aromatic nitrogens is 2. The molecule has 7 nitrogen and oxygen atoms in total. The van der Waals surface area contributed by atoms with Crippen LogP contribution in [0.1, 0.15) is 73.0 Å². The van der Waals surface area contributed by atoms with E-state index in [0.29, 0.717) is 35.3 Å². The SMILES string of the molecule is CC[C@@]1(O)C(=O)OCc2c1cc1n(c2=O)Cc2c-1nc1cc(F)c(C)c3c1c2[C@@H]([NH-])CC3.C[CH-]C.[Y]. The number of halogens is 1. The summed E-state index contributed by atoms with van der Waals surface area (Å²) in [6.07, 6.45) is 3.25. The van der Waals surface area contributed by atoms with Gasteiger partial charge in [0.05, 0.1) is 29.0 Å². The van der Waals surface area contributed by atoms with E-state index in [-0.39, 0.29) is 74.8 Å². The number of benzene rings is 1. The van der Waals surface area contributed by atoms with Crippen molar-refractivity contribution in [1.82, 2.24) is 9.55 Å². The topological polar surface area (TPSA) is 105 Å². The van der Waals surface area contributed by atoms with Gasteiger partial charge < -0.3 is 26.6 Å². The number of esters is 1. The van der Waals surface area contributed by atoms with Gasteiger partial charge in [-0.25, -0.2) is 14.2 Å². The number of aryl methyl sites for hydroxylation is 1. The number of nitrogens with zero attached hydrogens (tertiary/aromatic N) is 2. The maximum absolute atomic E-state index is 14.6. The molecule has 0 amide bonds. The van der Waals surface area contributed by atoms with Crippen LogP contribution in [0.2, 0.25) is 0 Å². The van der Waals surface area contributed by atoms with E-state index in [1.807, 2.05) is 20.3 Å². The molecule has 1 radical (unpaired) electrons. The largest absolute Gasteiger partial charge is 0.671 e. The van der Waals surface area contributed by atoms with Crippen molar-refractivity contribution in [2.24, 2.45) is 0 Å². The molecular formula is C27H28FN3O4Y-2. The van der Waals surface area contributed by atoms with Gasteiger partial charge in [-0.15, -0.1) is 6.04 Å². The second kappa shape index (κ2) is 9.71. The Labute approximate surface area is 234 Å². The van der Waals surface area contributed by atoms with Crippen LogP contribution in [-0.2, 0) is 67.4 Å². The van der Waals surface area contributed by atoms with Crippen molar-refractivity contribution in [3.8, 4) is 11.4 Å². The van der Waals surface area contributed by atoms with E-state index in [9.17, 15) is 19.1 Å². The molecule has 3 aliphatic rings. The fourth-order valence-corrected chi connectivity index (χ4v) is 5.55. The Morgan fingerprint density at radius 1 is 1.28 bits per heavy atom. The van der Waals surface area contributed by atoms with E-state index in [1.165, 1.54) is 6.07 Å². The molecule has 9 heteroatoms. The van der Waals surface area contributed by atoms with Crippen LogP contribution in [0.5, 0.6) is 0 Å². The van der Waals surface area contributed by atoms with Gasteiger partial charge in [0, 0.05) is 55.3 Å². The summed E-state index contributed by atoms with van der Waals surface area (Å²) in [5.41, 5.74) is 11.5. The summed E-state index contributed by atoms with van der Waals surface area (Å²) >= 11 is 0. The third-order valence-electron chi connectivity index (χ3n) is 7.38. The molecule has 0 fully saturated rings. The Morgan fingerprint density at radius 2 is 1.97 bits per heavy atom. The molecule has 1 aromatic carbocycles. The fraction of sp³-hybridized carbons (Fsp3) is 0.407. The first-order valence-electron chi connectivity index (χ1n) is 11.9. The molecule has 6 rings (SSSR count). The van der Waals surface area contributed by atoms with E-state index < -0.39 is 17.6 Å². The maximum atomic E-state index is 14.6. The summed E-state index contributed by atoms with van der Waals surface area (Å²) in [5, 5.41) is 11.8. The van der Waals surface area contributed by atoms with Crippen molar-refractivity contribution >= 4 is 16.9 Å². The van der Waals surface area contributed by atoms with Gasteiger partial charge in [-0.3, -0.25) is 4.79 Å². The number of fused-ring (bicyclic) bond motifs is 5. The molecule has 2 aromatic heterocycles. The molecule has 0 unspecified atom stereocenters. The van der Waals surface area contributed by atoms with Gasteiger partial charge in [-0.2, -0.15) is 13.8 Å². The van der Waals surface area contributed by atoms with Gasteiger partial charge in [-0.1, -0.05) is 13.3 Å². The molecule has 0 saturated heterocycles. The average molecular weight is 566 g/mol. The van der Waals surface area contributed by atoms with Crippen LogP contribution in [0, 0.1) is 19.2 Å². The number of rotatable bonds is 1. The van der Waals surface area contributed by atoms with Crippen LogP contribution in [0.4, 0.5) is 4.39 Å². The van der Waals surface area contributed by atoms with Crippen molar-refractivity contribution < 1.29 is 51.7 Å². The third kappa shape index (κ3) is 3.71. The molecular weight excluding hydrogens is 538 g/mol. The van der Waals surface area contributed by atoms with Crippen LogP contribution in [-0.4, -0.2) is 20.6 Å². The summed E-state index contributed by atoms with van der Waals surface area (Å²) in [6, 6.07) is 2.55. The van der Waals surface area contributed by atoms with Gasteiger partial charge in [-0.05, 0) is 42.5 Å². The Kier molecular flexibility index (Phi) is 7.30. The number of carbonyl (C=O) groups excluding carboxylic acids is 1. The predicted octanol–water partition coefficient (Wildman–Crippen LogP) is 4.79. The van der Waals surface area contributed by atoms with Crippen molar-refractivity contribution in [1.29, 1.82) is 0 Å². The molecule has 3 aromatic rings. The molecule has 2 N–H and O–H groups in total. The molecule has 4 heterocycles. The predicted molar refractivity (Wildman–Crippen MR) is 130 cm³/mol. The second-order valence-corrected chi connectivity index (χ2v) is 9.48. The number of pyridine rings is 2. The maximum Gasteiger partial charge on any atom is 0.343 e. The van der Waals surface area contributed by atoms with Crippen molar-refractivity contribution in [3.05, 3.63) is 73.8 Å². The monoisotopic (exact) mass is 566 g/mol. The number of nitrogens with one attached hydrogen (secondary N) is 1. The van der Waals surface area contributed by atoms with Crippen molar-refractivity contribution in [2.75, 3.05) is 0 Å². The summed E-state index contributed by atoms with van der Waals surface area (Å²) in [5.74, 6) is -1.11. The normalized spacial score (nSPS) is 21.0. The zero-order valence-electron chi connectivity index (χ0n) is 20.9. The van der Waals surface area contributed by atoms with Crippen molar-refractivity contribution in [3.63, 3.8) is 0 Å². The van der Waals surface area contributed by atoms with E-state index >= 15 is 0 Å². The first-order valence-corrected chi connectivity index (χ1v) is 11.9. The molecule has 0 spiro atoms. The molecule has 36 heavy (non-hydrogen) atoms. The summed E-state index contributed by atoms with van der Waals surface area (Å²) in [6.45, 7) is 7.46. The minimum absolute atomic E-state index is 0. The van der Waals surface area contributed by atoms with E-state index in [0.717, 1.165) is 22.1 Å². The molecule has 1 aliphatic carbocycles. The van der Waals surface area contributed by atoms with Crippen LogP contribution >= 0.6 is 0 Å². The van der Waals surface area contributed by atoms with Gasteiger partial charge in [0.2, 0.25) is 0 Å². The van der Waals surface area contributed by atoms with Crippen LogP contribution in [0.15, 0.2) is 16.9 Å². The van der Waals surface area contributed by atoms with E-state index in [1.54, 1.807) is 24.5 Å². The number of hydrogen-bond donors (Lipinski definition) is 1. The van der Waals surface area contributed by atoms with E-state index in [4.69, 9.17) is 15.5 Å². The molecule has 2 aliphatic heterocycles. The number of cyclic esters (lactones) is 1. The zero-order chi connectivity index (χ0) is 25.2. The minimum Gasteiger partial charge on any atom is -0.671 e. The quantitative estimate of drug-likeness (QED) is 0.264. The minimum atomic E-state index is -1.90. The van der Waals surface area contributed by atoms with Gasteiger partial charge in [0.1, 0.15) is 12.4 Å². The fourth-order valence-electron chi connectivity index (χ4n) is 5.55. The first-order chi connectivity index (χ1) is 16.7. The van der Waals surface area contributed by atoms with Gasteiger partial charge in [0.25, 0.3) is 5.56 Å². The van der Waals surface area contributed by atoms with Gasteiger partial charge in [0.15, 0.2) is 5.60 Å². The van der Waals surface area contributed by atoms with Crippen molar-refractivity contribution in [2.45, 2.75) is 71.8 Å². The molecule has 187 valence electrons. The summed E-state index contributed by atoms with van der Waals surface area (Å²) < 4.78 is 21.3. The second-order valence-electron chi connectivity index (χ2n) is 9.48. The number of ether oxygens (including phenoxy) is 1. The Morgan fingerprint density at radius 3 is 2.64 bits per heavy atom. The van der Waals surface area contributed by atoms with Gasteiger partial charge >= 0.3 is 5.97 Å². The molecule has 0 bridgehead atoms. The zero-order valence-corrected chi connectivity index (χ0v) is 23.7. The van der Waals surface area contributed by atoms with E-state index in [2.05, 4.69) is 0 Å². The Balaban J connectivity index is 0.000000726. The van der Waals surface area contributed by atoms with Crippen LogP contribution in [0.3, 0.4) is 0 Å².